The topological polar surface area (TPSA) is 87.6 Å². The van der Waals surface area contributed by atoms with Gasteiger partial charge in [-0.05, 0) is 13.8 Å². The molecule has 9 nitrogen and oxygen atoms in total. The predicted octanol–water partition coefficient (Wildman–Crippen LogP) is 0.931. The summed E-state index contributed by atoms with van der Waals surface area (Å²) in [7, 11) is 3.79. The minimum absolute atomic E-state index is 0. The molecule has 10 heteroatoms. The van der Waals surface area contributed by atoms with Gasteiger partial charge in [-0.2, -0.15) is 0 Å². The maximum Gasteiger partial charge on any atom is 0.194 e. The average molecular weight is 474 g/mol. The number of piperazine rings is 1. The first-order chi connectivity index (χ1) is 12.1. The van der Waals surface area contributed by atoms with Crippen LogP contribution in [0.25, 0.3) is 0 Å². The fourth-order valence-electron chi connectivity index (χ4n) is 2.93. The summed E-state index contributed by atoms with van der Waals surface area (Å²) in [6.07, 6.45) is 0. The first kappa shape index (κ1) is 20.6. The number of aliphatic imine (C=N–C) groups is 1. The summed E-state index contributed by atoms with van der Waals surface area (Å²) < 4.78 is 7.12. The van der Waals surface area contributed by atoms with Crippen LogP contribution in [0.4, 0.5) is 0 Å². The molecular formula is C16H27IN8O. The maximum absolute atomic E-state index is 5.14. The van der Waals surface area contributed by atoms with E-state index in [1.807, 2.05) is 38.6 Å². The van der Waals surface area contributed by atoms with Gasteiger partial charge < -0.3 is 19.3 Å². The summed E-state index contributed by atoms with van der Waals surface area (Å²) in [5.74, 6) is 3.57. The van der Waals surface area contributed by atoms with Gasteiger partial charge in [0.15, 0.2) is 11.8 Å². The molecule has 144 valence electrons. The van der Waals surface area contributed by atoms with E-state index in [-0.39, 0.29) is 24.0 Å². The van der Waals surface area contributed by atoms with Gasteiger partial charge in [0, 0.05) is 52.9 Å². The molecule has 3 rings (SSSR count). The van der Waals surface area contributed by atoms with E-state index in [1.54, 1.807) is 0 Å². The summed E-state index contributed by atoms with van der Waals surface area (Å²) in [6.45, 7) is 9.09. The Morgan fingerprint density at radius 2 is 1.96 bits per heavy atom. The van der Waals surface area contributed by atoms with Crippen LogP contribution in [0.3, 0.4) is 0 Å². The second-order valence-corrected chi connectivity index (χ2v) is 6.32. The minimum Gasteiger partial charge on any atom is -0.361 e. The Labute approximate surface area is 170 Å². The van der Waals surface area contributed by atoms with Gasteiger partial charge in [0.1, 0.15) is 11.6 Å². The van der Waals surface area contributed by atoms with Crippen molar-refractivity contribution in [3.63, 3.8) is 0 Å². The molecule has 0 saturated carbocycles. The number of nitrogens with one attached hydrogen (secondary N) is 1. The Hall–Kier alpha value is -1.69. The van der Waals surface area contributed by atoms with Crippen LogP contribution in [0.15, 0.2) is 15.6 Å². The Balaban J connectivity index is 0.00000243. The molecule has 26 heavy (non-hydrogen) atoms. The van der Waals surface area contributed by atoms with Crippen LogP contribution in [0.5, 0.6) is 0 Å². The molecule has 0 spiro atoms. The van der Waals surface area contributed by atoms with Crippen LogP contribution >= 0.6 is 24.0 Å². The molecule has 0 unspecified atom stereocenters. The molecule has 3 heterocycles. The second-order valence-electron chi connectivity index (χ2n) is 6.32. The number of nitrogens with zero attached hydrogens (tertiary/aromatic N) is 7. The molecule has 1 aliphatic heterocycles. The van der Waals surface area contributed by atoms with E-state index in [0.29, 0.717) is 6.54 Å². The highest BCUT2D eigenvalue weighted by Gasteiger charge is 2.20. The average Bonchev–Trinajstić information content (AvgIpc) is 3.16. The molecule has 1 N–H and O–H groups in total. The van der Waals surface area contributed by atoms with Crippen molar-refractivity contribution in [1.29, 1.82) is 0 Å². The van der Waals surface area contributed by atoms with Crippen LogP contribution in [-0.4, -0.2) is 68.9 Å². The number of hydrogen-bond acceptors (Lipinski definition) is 6. The summed E-state index contributed by atoms with van der Waals surface area (Å²) in [6, 6.07) is 2.00. The van der Waals surface area contributed by atoms with Crippen LogP contribution < -0.4 is 5.32 Å². The summed E-state index contributed by atoms with van der Waals surface area (Å²) in [4.78, 5) is 9.06. The van der Waals surface area contributed by atoms with E-state index >= 15 is 0 Å². The maximum atomic E-state index is 5.14. The Morgan fingerprint density at radius 3 is 2.50 bits per heavy atom. The molecular weight excluding hydrogens is 447 g/mol. The Morgan fingerprint density at radius 1 is 1.23 bits per heavy atom. The van der Waals surface area contributed by atoms with E-state index in [2.05, 4.69) is 35.5 Å². The highest BCUT2D eigenvalue weighted by atomic mass is 127. The van der Waals surface area contributed by atoms with Crippen molar-refractivity contribution >= 4 is 29.9 Å². The SMILES string of the molecule is CN=C(NCc1nnc(C)n1C)N1CCN(Cc2cc(C)on2)CC1.I. The number of rotatable bonds is 4. The third kappa shape index (κ3) is 4.93. The predicted molar refractivity (Wildman–Crippen MR) is 109 cm³/mol. The zero-order valence-electron chi connectivity index (χ0n) is 15.8. The van der Waals surface area contributed by atoms with Gasteiger partial charge >= 0.3 is 0 Å². The van der Waals surface area contributed by atoms with Crippen molar-refractivity contribution < 1.29 is 4.52 Å². The van der Waals surface area contributed by atoms with E-state index < -0.39 is 0 Å². The molecule has 2 aromatic heterocycles. The van der Waals surface area contributed by atoms with Crippen molar-refractivity contribution in [1.82, 2.24) is 35.0 Å². The lowest BCUT2D eigenvalue weighted by atomic mass is 10.3. The fraction of sp³-hybridized carbons (Fsp3) is 0.625. The summed E-state index contributed by atoms with van der Waals surface area (Å²) in [5, 5.41) is 15.7. The number of aromatic nitrogens is 4. The van der Waals surface area contributed by atoms with Crippen LogP contribution in [-0.2, 0) is 20.1 Å². The van der Waals surface area contributed by atoms with Crippen molar-refractivity contribution in [2.24, 2.45) is 12.0 Å². The molecule has 1 fully saturated rings. The second kappa shape index (κ2) is 9.31. The third-order valence-electron chi connectivity index (χ3n) is 4.53. The molecule has 2 aromatic rings. The summed E-state index contributed by atoms with van der Waals surface area (Å²) in [5.41, 5.74) is 0.992. The van der Waals surface area contributed by atoms with Crippen molar-refractivity contribution in [3.8, 4) is 0 Å². The van der Waals surface area contributed by atoms with Gasteiger partial charge in [-0.1, -0.05) is 5.16 Å². The van der Waals surface area contributed by atoms with Crippen LogP contribution in [0, 0.1) is 13.8 Å². The fourth-order valence-corrected chi connectivity index (χ4v) is 2.93. The molecule has 1 aliphatic rings. The lowest BCUT2D eigenvalue weighted by molar-refractivity contribution is 0.169. The first-order valence-electron chi connectivity index (χ1n) is 8.52. The lowest BCUT2D eigenvalue weighted by Crippen LogP contribution is -2.52. The molecule has 0 radical (unpaired) electrons. The molecule has 0 aliphatic carbocycles. The van der Waals surface area contributed by atoms with Crippen molar-refractivity contribution in [2.45, 2.75) is 26.9 Å². The number of halogens is 1. The first-order valence-corrected chi connectivity index (χ1v) is 8.52. The number of aryl methyl sites for hydroxylation is 2. The molecule has 0 atom stereocenters. The smallest absolute Gasteiger partial charge is 0.194 e. The standard InChI is InChI=1S/C16H26N8O.HI/c1-12-9-14(21-25-12)11-23-5-7-24(8-6-23)16(17-3)18-10-15-20-19-13(2)22(15)4;/h9H,5-8,10-11H2,1-4H3,(H,17,18);1H. The highest BCUT2D eigenvalue weighted by molar-refractivity contribution is 14.0. The Bertz CT molecular complexity index is 732. The van der Waals surface area contributed by atoms with Gasteiger partial charge in [0.25, 0.3) is 0 Å². The van der Waals surface area contributed by atoms with Crippen LogP contribution in [0.1, 0.15) is 23.1 Å². The number of guanidine groups is 1. The van der Waals surface area contributed by atoms with Gasteiger partial charge in [-0.15, -0.1) is 34.2 Å². The van der Waals surface area contributed by atoms with Gasteiger partial charge in [-0.3, -0.25) is 9.89 Å². The van der Waals surface area contributed by atoms with E-state index in [0.717, 1.165) is 61.8 Å². The summed E-state index contributed by atoms with van der Waals surface area (Å²) >= 11 is 0. The molecule has 1 saturated heterocycles. The minimum atomic E-state index is 0. The van der Waals surface area contributed by atoms with Gasteiger partial charge in [-0.25, -0.2) is 0 Å². The zero-order valence-corrected chi connectivity index (χ0v) is 18.1. The molecule has 0 amide bonds. The van der Waals surface area contributed by atoms with E-state index in [1.165, 1.54) is 0 Å². The molecule has 0 bridgehead atoms. The normalized spacial score (nSPS) is 15.8. The zero-order chi connectivity index (χ0) is 17.8. The van der Waals surface area contributed by atoms with Crippen molar-refractivity contribution in [3.05, 3.63) is 29.2 Å². The highest BCUT2D eigenvalue weighted by Crippen LogP contribution is 2.09. The van der Waals surface area contributed by atoms with E-state index in [4.69, 9.17) is 4.52 Å². The number of hydrogen-bond donors (Lipinski definition) is 1. The van der Waals surface area contributed by atoms with Gasteiger partial charge in [0.2, 0.25) is 0 Å². The van der Waals surface area contributed by atoms with Crippen molar-refractivity contribution in [2.75, 3.05) is 33.2 Å². The van der Waals surface area contributed by atoms with Gasteiger partial charge in [0.05, 0.1) is 12.2 Å². The molecule has 0 aromatic carbocycles. The third-order valence-corrected chi connectivity index (χ3v) is 4.53. The lowest BCUT2D eigenvalue weighted by Gasteiger charge is -2.36. The monoisotopic (exact) mass is 474 g/mol. The quantitative estimate of drug-likeness (QED) is 0.401. The van der Waals surface area contributed by atoms with E-state index in [9.17, 15) is 0 Å². The van der Waals surface area contributed by atoms with Crippen LogP contribution in [0.2, 0.25) is 0 Å². The Kier molecular flexibility index (Phi) is 7.38. The largest absolute Gasteiger partial charge is 0.361 e.